The minimum atomic E-state index is -0.915. The molecule has 4 rings (SSSR count). The van der Waals surface area contributed by atoms with Gasteiger partial charge in [0.15, 0.2) is 0 Å². The molecule has 1 amide bonds. The van der Waals surface area contributed by atoms with E-state index in [0.29, 0.717) is 60.9 Å². The fraction of sp³-hybridized carbons (Fsp3) is 0.304. The fourth-order valence-electron chi connectivity index (χ4n) is 3.85. The Bertz CT molecular complexity index is 1120. The lowest BCUT2D eigenvalue weighted by atomic mass is 9.96. The molecule has 0 bridgehead atoms. The van der Waals surface area contributed by atoms with Crippen LogP contribution in [-0.2, 0) is 6.42 Å². The van der Waals surface area contributed by atoms with Crippen molar-refractivity contribution in [3.8, 4) is 22.4 Å². The maximum atomic E-state index is 15.1. The summed E-state index contributed by atoms with van der Waals surface area (Å²) in [6, 6.07) is 5.72. The van der Waals surface area contributed by atoms with Crippen LogP contribution in [0.3, 0.4) is 0 Å². The second kappa shape index (κ2) is 8.96. The lowest BCUT2D eigenvalue weighted by Gasteiger charge is -2.32. The standard InChI is InChI=1S/C23H24F2N6O/c1-3-18-20(14-4-5-19(26)27-12-14)22(29-13-28-18)15-10-16(24)21(17(25)11-15)23(32)31-8-6-30(2)7-9-31/h4-5,10-13H,3,6-9H2,1-2H3,(H2,26,27). The number of aryl methyl sites for hydroxylation is 1. The predicted molar refractivity (Wildman–Crippen MR) is 118 cm³/mol. The van der Waals surface area contributed by atoms with E-state index < -0.39 is 23.1 Å². The van der Waals surface area contributed by atoms with Crippen LogP contribution < -0.4 is 5.73 Å². The van der Waals surface area contributed by atoms with Crippen LogP contribution in [-0.4, -0.2) is 63.9 Å². The van der Waals surface area contributed by atoms with Gasteiger partial charge in [0.1, 0.15) is 29.3 Å². The Hall–Kier alpha value is -3.46. The maximum Gasteiger partial charge on any atom is 0.259 e. The molecule has 0 aliphatic carbocycles. The summed E-state index contributed by atoms with van der Waals surface area (Å²) < 4.78 is 30.2. The summed E-state index contributed by atoms with van der Waals surface area (Å²) in [6.07, 6.45) is 3.52. The second-order valence-corrected chi connectivity index (χ2v) is 7.78. The van der Waals surface area contributed by atoms with Gasteiger partial charge in [0, 0.05) is 49.1 Å². The van der Waals surface area contributed by atoms with Crippen molar-refractivity contribution in [2.45, 2.75) is 13.3 Å². The predicted octanol–water partition coefficient (Wildman–Crippen LogP) is 3.02. The topological polar surface area (TPSA) is 88.2 Å². The van der Waals surface area contributed by atoms with Gasteiger partial charge in [0.25, 0.3) is 5.91 Å². The highest BCUT2D eigenvalue weighted by Crippen LogP contribution is 2.34. The van der Waals surface area contributed by atoms with E-state index in [9.17, 15) is 4.79 Å². The third-order valence-corrected chi connectivity index (χ3v) is 5.66. The number of hydrogen-bond donors (Lipinski definition) is 1. The van der Waals surface area contributed by atoms with Crippen molar-refractivity contribution in [1.29, 1.82) is 0 Å². The molecule has 1 saturated heterocycles. The molecule has 32 heavy (non-hydrogen) atoms. The number of nitrogen functional groups attached to an aromatic ring is 1. The van der Waals surface area contributed by atoms with Crippen LogP contribution in [0, 0.1) is 11.6 Å². The third kappa shape index (κ3) is 4.16. The smallest absolute Gasteiger partial charge is 0.259 e. The van der Waals surface area contributed by atoms with Gasteiger partial charge in [-0.1, -0.05) is 6.92 Å². The molecule has 0 saturated carbocycles. The first-order valence-electron chi connectivity index (χ1n) is 10.4. The first kappa shape index (κ1) is 21.8. The SMILES string of the molecule is CCc1ncnc(-c2cc(F)c(C(=O)N3CCN(C)CC3)c(F)c2)c1-c1ccc(N)nc1. The van der Waals surface area contributed by atoms with Crippen LogP contribution in [0.25, 0.3) is 22.4 Å². The normalized spacial score (nSPS) is 14.6. The zero-order chi connectivity index (χ0) is 22.8. The van der Waals surface area contributed by atoms with Crippen LogP contribution >= 0.6 is 0 Å². The van der Waals surface area contributed by atoms with E-state index in [1.54, 1.807) is 18.3 Å². The molecule has 1 aliphatic rings. The molecular formula is C23H24F2N6O. The van der Waals surface area contributed by atoms with Crippen LogP contribution in [0.4, 0.5) is 14.6 Å². The van der Waals surface area contributed by atoms with Crippen LogP contribution in [0.1, 0.15) is 23.0 Å². The Labute approximate surface area is 184 Å². The quantitative estimate of drug-likeness (QED) is 0.674. The highest BCUT2D eigenvalue weighted by molar-refractivity contribution is 5.96. The summed E-state index contributed by atoms with van der Waals surface area (Å²) in [5, 5.41) is 0. The summed E-state index contributed by atoms with van der Waals surface area (Å²) >= 11 is 0. The largest absolute Gasteiger partial charge is 0.384 e. The van der Waals surface area contributed by atoms with Gasteiger partial charge in [-0.3, -0.25) is 4.79 Å². The van der Waals surface area contributed by atoms with Gasteiger partial charge < -0.3 is 15.5 Å². The fourth-order valence-corrected chi connectivity index (χ4v) is 3.85. The molecule has 0 unspecified atom stereocenters. The van der Waals surface area contributed by atoms with Gasteiger partial charge in [0.2, 0.25) is 0 Å². The third-order valence-electron chi connectivity index (χ3n) is 5.66. The van der Waals surface area contributed by atoms with Crippen molar-refractivity contribution >= 4 is 11.7 Å². The number of carbonyl (C=O) groups is 1. The number of nitrogens with two attached hydrogens (primary N) is 1. The minimum Gasteiger partial charge on any atom is -0.384 e. The van der Waals surface area contributed by atoms with Crippen LogP contribution in [0.2, 0.25) is 0 Å². The number of likely N-dealkylation sites (N-methyl/N-ethyl adjacent to an activating group) is 1. The zero-order valence-electron chi connectivity index (χ0n) is 18.0. The van der Waals surface area contributed by atoms with Crippen LogP contribution in [0.15, 0.2) is 36.8 Å². The van der Waals surface area contributed by atoms with Crippen LogP contribution in [0.5, 0.6) is 0 Å². The molecule has 3 heterocycles. The summed E-state index contributed by atoms with van der Waals surface area (Å²) in [4.78, 5) is 29.1. The van der Waals surface area contributed by atoms with Crippen molar-refractivity contribution < 1.29 is 13.6 Å². The number of carbonyl (C=O) groups excluding carboxylic acids is 1. The number of amides is 1. The number of benzene rings is 1. The number of hydrogen-bond acceptors (Lipinski definition) is 6. The molecular weight excluding hydrogens is 414 g/mol. The highest BCUT2D eigenvalue weighted by Gasteiger charge is 2.27. The molecule has 1 aliphatic heterocycles. The molecule has 0 spiro atoms. The molecule has 9 heteroatoms. The molecule has 166 valence electrons. The Morgan fingerprint density at radius 3 is 2.31 bits per heavy atom. The van der Waals surface area contributed by atoms with Gasteiger partial charge in [-0.25, -0.2) is 23.7 Å². The average molecular weight is 438 g/mol. The number of nitrogens with zero attached hydrogens (tertiary/aromatic N) is 5. The number of aromatic nitrogens is 3. The first-order chi connectivity index (χ1) is 15.4. The maximum absolute atomic E-state index is 15.1. The summed E-state index contributed by atoms with van der Waals surface area (Å²) in [6.45, 7) is 4.10. The monoisotopic (exact) mass is 438 g/mol. The Balaban J connectivity index is 1.77. The van der Waals surface area contributed by atoms with E-state index in [-0.39, 0.29) is 5.56 Å². The number of pyridine rings is 1. The van der Waals surface area contributed by atoms with Crippen molar-refractivity contribution in [2.24, 2.45) is 0 Å². The molecule has 7 nitrogen and oxygen atoms in total. The molecule has 1 fully saturated rings. The first-order valence-corrected chi connectivity index (χ1v) is 10.4. The van der Waals surface area contributed by atoms with Crippen molar-refractivity contribution in [2.75, 3.05) is 39.0 Å². The molecule has 2 aromatic heterocycles. The number of anilines is 1. The van der Waals surface area contributed by atoms with Gasteiger partial charge >= 0.3 is 0 Å². The second-order valence-electron chi connectivity index (χ2n) is 7.78. The molecule has 0 atom stereocenters. The Morgan fingerprint density at radius 1 is 1.03 bits per heavy atom. The summed E-state index contributed by atoms with van der Waals surface area (Å²) in [7, 11) is 1.94. The molecule has 3 aromatic rings. The Morgan fingerprint density at radius 2 is 1.72 bits per heavy atom. The minimum absolute atomic E-state index is 0.221. The highest BCUT2D eigenvalue weighted by atomic mass is 19.1. The van der Waals surface area contributed by atoms with Gasteiger partial charge in [0.05, 0.1) is 11.4 Å². The molecule has 0 radical (unpaired) electrons. The average Bonchev–Trinajstić information content (AvgIpc) is 2.79. The van der Waals surface area contributed by atoms with E-state index in [1.807, 2.05) is 14.0 Å². The van der Waals surface area contributed by atoms with E-state index in [0.717, 1.165) is 12.1 Å². The van der Waals surface area contributed by atoms with E-state index in [4.69, 9.17) is 5.73 Å². The lowest BCUT2D eigenvalue weighted by Crippen LogP contribution is -2.47. The van der Waals surface area contributed by atoms with E-state index >= 15 is 8.78 Å². The Kier molecular flexibility index (Phi) is 6.09. The van der Waals surface area contributed by atoms with Crippen molar-refractivity contribution in [3.05, 3.63) is 59.7 Å². The zero-order valence-corrected chi connectivity index (χ0v) is 18.0. The van der Waals surface area contributed by atoms with Gasteiger partial charge in [-0.05, 0) is 37.7 Å². The van der Waals surface area contributed by atoms with Gasteiger partial charge in [-0.2, -0.15) is 0 Å². The van der Waals surface area contributed by atoms with E-state index in [1.165, 1.54) is 11.2 Å². The summed E-state index contributed by atoms with van der Waals surface area (Å²) in [5.74, 6) is -2.11. The van der Waals surface area contributed by atoms with E-state index in [2.05, 4.69) is 19.9 Å². The van der Waals surface area contributed by atoms with Crippen molar-refractivity contribution in [3.63, 3.8) is 0 Å². The molecule has 1 aromatic carbocycles. The van der Waals surface area contributed by atoms with Gasteiger partial charge in [-0.15, -0.1) is 0 Å². The number of halogens is 2. The lowest BCUT2D eigenvalue weighted by molar-refractivity contribution is 0.0654. The summed E-state index contributed by atoms with van der Waals surface area (Å²) in [5.41, 5.74) is 7.76. The van der Waals surface area contributed by atoms with Crippen molar-refractivity contribution in [1.82, 2.24) is 24.8 Å². The molecule has 2 N–H and O–H groups in total. The number of rotatable bonds is 4. The number of piperazine rings is 1.